The molecule has 0 aliphatic heterocycles. The van der Waals surface area contributed by atoms with E-state index in [4.69, 9.17) is 4.74 Å². The molecule has 96 valence electrons. The minimum absolute atomic E-state index is 0.651. The van der Waals surface area contributed by atoms with E-state index in [0.29, 0.717) is 6.61 Å². The summed E-state index contributed by atoms with van der Waals surface area (Å²) in [7, 11) is 1.97. The van der Waals surface area contributed by atoms with Crippen LogP contribution in [0.5, 0.6) is 5.75 Å². The van der Waals surface area contributed by atoms with Gasteiger partial charge < -0.3 is 9.30 Å². The van der Waals surface area contributed by atoms with Gasteiger partial charge in [-0.15, -0.1) is 10.2 Å². The average Bonchev–Trinajstić information content (AvgIpc) is 2.68. The van der Waals surface area contributed by atoms with Crippen molar-refractivity contribution in [1.82, 2.24) is 14.8 Å². The molecule has 0 spiro atoms. The van der Waals surface area contributed by atoms with Crippen LogP contribution in [0.1, 0.15) is 5.82 Å². The van der Waals surface area contributed by atoms with E-state index in [1.54, 1.807) is 11.8 Å². The van der Waals surface area contributed by atoms with Gasteiger partial charge in [0.2, 0.25) is 0 Å². The van der Waals surface area contributed by atoms with E-state index < -0.39 is 0 Å². The van der Waals surface area contributed by atoms with Crippen molar-refractivity contribution in [3.05, 3.63) is 34.6 Å². The first-order chi connectivity index (χ1) is 8.66. The summed E-state index contributed by atoms with van der Waals surface area (Å²) in [4.78, 5) is 0. The van der Waals surface area contributed by atoms with Gasteiger partial charge in [0.05, 0.1) is 6.61 Å². The molecule has 4 nitrogen and oxygen atoms in total. The fourth-order valence-corrected chi connectivity index (χ4v) is 2.37. The predicted octanol–water partition coefficient (Wildman–Crippen LogP) is 3.06. The summed E-state index contributed by atoms with van der Waals surface area (Å²) in [5.74, 6) is 2.65. The van der Waals surface area contributed by atoms with Crippen LogP contribution < -0.4 is 4.74 Å². The first-order valence-electron chi connectivity index (χ1n) is 5.54. The molecule has 2 aromatic rings. The van der Waals surface area contributed by atoms with Crippen LogP contribution in [0.15, 0.2) is 33.9 Å². The van der Waals surface area contributed by atoms with Gasteiger partial charge in [-0.1, -0.05) is 27.7 Å². The molecule has 0 aliphatic rings. The number of halogens is 1. The van der Waals surface area contributed by atoms with Crippen molar-refractivity contribution in [3.8, 4) is 5.75 Å². The second-order valence-corrected chi connectivity index (χ2v) is 5.72. The highest BCUT2D eigenvalue weighted by molar-refractivity contribution is 9.10. The minimum Gasteiger partial charge on any atom is -0.493 e. The van der Waals surface area contributed by atoms with Crippen molar-refractivity contribution < 1.29 is 4.74 Å². The van der Waals surface area contributed by atoms with Gasteiger partial charge >= 0.3 is 0 Å². The molecule has 0 fully saturated rings. The Morgan fingerprint density at radius 2 is 2.00 bits per heavy atom. The number of nitrogens with zero attached hydrogens (tertiary/aromatic N) is 3. The second-order valence-electron chi connectivity index (χ2n) is 3.74. The van der Waals surface area contributed by atoms with E-state index in [-0.39, 0.29) is 0 Å². The van der Waals surface area contributed by atoms with Crippen molar-refractivity contribution in [1.29, 1.82) is 0 Å². The molecule has 18 heavy (non-hydrogen) atoms. The van der Waals surface area contributed by atoms with Gasteiger partial charge in [-0.3, -0.25) is 0 Å². The van der Waals surface area contributed by atoms with Gasteiger partial charge in [0, 0.05) is 17.3 Å². The summed E-state index contributed by atoms with van der Waals surface area (Å²) in [6.45, 7) is 2.59. The molecule has 0 saturated carbocycles. The molecule has 1 aromatic heterocycles. The Kier molecular flexibility index (Phi) is 4.66. The summed E-state index contributed by atoms with van der Waals surface area (Å²) >= 11 is 5.04. The van der Waals surface area contributed by atoms with Crippen molar-refractivity contribution in [3.63, 3.8) is 0 Å². The van der Waals surface area contributed by atoms with Crippen molar-refractivity contribution in [2.75, 3.05) is 12.4 Å². The van der Waals surface area contributed by atoms with Crippen LogP contribution in [0.4, 0.5) is 0 Å². The highest BCUT2D eigenvalue weighted by Gasteiger charge is 2.04. The Labute approximate surface area is 119 Å². The fraction of sp³-hybridized carbons (Fsp3) is 0.333. The number of aryl methyl sites for hydroxylation is 1. The number of aromatic nitrogens is 3. The number of rotatable bonds is 5. The normalized spacial score (nSPS) is 10.6. The summed E-state index contributed by atoms with van der Waals surface area (Å²) < 4.78 is 8.66. The summed E-state index contributed by atoms with van der Waals surface area (Å²) in [6, 6.07) is 7.82. The maximum absolute atomic E-state index is 5.63. The van der Waals surface area contributed by atoms with Crippen molar-refractivity contribution in [2.24, 2.45) is 7.05 Å². The highest BCUT2D eigenvalue weighted by Crippen LogP contribution is 2.18. The second kappa shape index (κ2) is 6.24. The molecule has 0 atom stereocenters. The molecule has 0 aliphatic carbocycles. The zero-order chi connectivity index (χ0) is 13.0. The number of hydrogen-bond donors (Lipinski definition) is 0. The van der Waals surface area contributed by atoms with Crippen LogP contribution in [-0.4, -0.2) is 27.1 Å². The Balaban J connectivity index is 1.76. The number of hydrogen-bond acceptors (Lipinski definition) is 4. The highest BCUT2D eigenvalue weighted by atomic mass is 79.9. The topological polar surface area (TPSA) is 39.9 Å². The molecule has 0 N–H and O–H groups in total. The molecule has 0 amide bonds. The Morgan fingerprint density at radius 1 is 1.28 bits per heavy atom. The first-order valence-corrected chi connectivity index (χ1v) is 7.32. The van der Waals surface area contributed by atoms with E-state index in [9.17, 15) is 0 Å². The van der Waals surface area contributed by atoms with Crippen LogP contribution >= 0.6 is 27.7 Å². The fourth-order valence-electron chi connectivity index (χ4n) is 1.34. The van der Waals surface area contributed by atoms with E-state index in [1.807, 2.05) is 42.8 Å². The van der Waals surface area contributed by atoms with Gasteiger partial charge in [-0.25, -0.2) is 0 Å². The standard InChI is InChI=1S/C12H14BrN3OS/c1-9-14-15-12(16(9)2)18-8-7-17-11-5-3-10(13)4-6-11/h3-6H,7-8H2,1-2H3. The monoisotopic (exact) mass is 327 g/mol. The van der Waals surface area contributed by atoms with E-state index in [2.05, 4.69) is 26.1 Å². The number of benzene rings is 1. The van der Waals surface area contributed by atoms with Gasteiger partial charge in [-0.2, -0.15) is 0 Å². The Hall–Kier alpha value is -1.01. The molecule has 0 radical (unpaired) electrons. The molecule has 2 rings (SSSR count). The molecule has 0 unspecified atom stereocenters. The largest absolute Gasteiger partial charge is 0.493 e. The smallest absolute Gasteiger partial charge is 0.191 e. The van der Waals surface area contributed by atoms with Crippen LogP contribution in [0.25, 0.3) is 0 Å². The summed E-state index contributed by atoms with van der Waals surface area (Å²) in [5, 5.41) is 9.02. The third-order valence-corrected chi connectivity index (χ3v) is 3.96. The quantitative estimate of drug-likeness (QED) is 0.625. The lowest BCUT2D eigenvalue weighted by molar-refractivity contribution is 0.344. The first kappa shape index (κ1) is 13.4. The van der Waals surface area contributed by atoms with Crippen LogP contribution in [-0.2, 0) is 7.05 Å². The van der Waals surface area contributed by atoms with Gasteiger partial charge in [-0.05, 0) is 31.2 Å². The predicted molar refractivity (Wildman–Crippen MR) is 76.1 cm³/mol. The van der Waals surface area contributed by atoms with Crippen LogP contribution in [0, 0.1) is 6.92 Å². The molecule has 6 heteroatoms. The lowest BCUT2D eigenvalue weighted by atomic mass is 10.3. The molecular weight excluding hydrogens is 314 g/mol. The van der Waals surface area contributed by atoms with Gasteiger partial charge in [0.1, 0.15) is 11.6 Å². The van der Waals surface area contributed by atoms with Crippen LogP contribution in [0.2, 0.25) is 0 Å². The van der Waals surface area contributed by atoms with Crippen molar-refractivity contribution >= 4 is 27.7 Å². The van der Waals surface area contributed by atoms with Gasteiger partial charge in [0.25, 0.3) is 0 Å². The minimum atomic E-state index is 0.651. The molecule has 0 saturated heterocycles. The maximum Gasteiger partial charge on any atom is 0.191 e. The van der Waals surface area contributed by atoms with Gasteiger partial charge in [0.15, 0.2) is 5.16 Å². The maximum atomic E-state index is 5.63. The lowest BCUT2D eigenvalue weighted by Gasteiger charge is -2.05. The average molecular weight is 328 g/mol. The van der Waals surface area contributed by atoms with Crippen LogP contribution in [0.3, 0.4) is 0 Å². The summed E-state index contributed by atoms with van der Waals surface area (Å²) in [5.41, 5.74) is 0. The third-order valence-electron chi connectivity index (χ3n) is 2.45. The Bertz CT molecular complexity index is 513. The third kappa shape index (κ3) is 3.49. The van der Waals surface area contributed by atoms with E-state index in [0.717, 1.165) is 27.0 Å². The lowest BCUT2D eigenvalue weighted by Crippen LogP contribution is -2.01. The zero-order valence-electron chi connectivity index (χ0n) is 10.3. The Morgan fingerprint density at radius 3 is 2.61 bits per heavy atom. The molecule has 1 heterocycles. The molecule has 0 bridgehead atoms. The van der Waals surface area contributed by atoms with E-state index >= 15 is 0 Å². The number of thioether (sulfide) groups is 1. The zero-order valence-corrected chi connectivity index (χ0v) is 12.7. The number of ether oxygens (including phenoxy) is 1. The van der Waals surface area contributed by atoms with E-state index in [1.165, 1.54) is 0 Å². The van der Waals surface area contributed by atoms with Crippen molar-refractivity contribution in [2.45, 2.75) is 12.1 Å². The SMILES string of the molecule is Cc1nnc(SCCOc2ccc(Br)cc2)n1C. The molecular formula is C12H14BrN3OS. The molecule has 1 aromatic carbocycles. The summed E-state index contributed by atoms with van der Waals surface area (Å²) in [6.07, 6.45) is 0.